The van der Waals surface area contributed by atoms with Crippen LogP contribution in [0.4, 0.5) is 8.78 Å². The highest BCUT2D eigenvalue weighted by Gasteiger charge is 2.35. The van der Waals surface area contributed by atoms with Crippen LogP contribution in [0.3, 0.4) is 0 Å². The zero-order valence-corrected chi connectivity index (χ0v) is 18.7. The van der Waals surface area contributed by atoms with Crippen molar-refractivity contribution in [3.05, 3.63) is 59.2 Å². The fraction of sp³-hybridized carbons (Fsp3) is 0.556. The van der Waals surface area contributed by atoms with Crippen LogP contribution in [0.15, 0.2) is 36.4 Å². The zero-order valence-electron chi connectivity index (χ0n) is 18.7. The Morgan fingerprint density at radius 2 is 1.52 bits per heavy atom. The highest BCUT2D eigenvalue weighted by Crippen LogP contribution is 2.48. The van der Waals surface area contributed by atoms with Crippen LogP contribution in [-0.2, 0) is 6.61 Å². The summed E-state index contributed by atoms with van der Waals surface area (Å²) in [5.41, 5.74) is 2.35. The van der Waals surface area contributed by atoms with E-state index in [0.717, 1.165) is 23.3 Å². The SMILES string of the molecule is CCCC1CCC2CC(c3ccc(COc4ccc(OC)c(F)c4F)cc3)CCC2C1. The summed E-state index contributed by atoms with van der Waals surface area (Å²) >= 11 is 0. The topological polar surface area (TPSA) is 18.5 Å². The first-order valence-corrected chi connectivity index (χ1v) is 11.8. The molecule has 4 heteroatoms. The van der Waals surface area contributed by atoms with Crippen molar-refractivity contribution >= 4 is 0 Å². The maximum Gasteiger partial charge on any atom is 0.204 e. The molecule has 0 amide bonds. The monoisotopic (exact) mass is 428 g/mol. The van der Waals surface area contributed by atoms with Gasteiger partial charge >= 0.3 is 0 Å². The van der Waals surface area contributed by atoms with Crippen molar-refractivity contribution in [3.8, 4) is 11.5 Å². The van der Waals surface area contributed by atoms with Gasteiger partial charge in [-0.25, -0.2) is 0 Å². The molecule has 0 heterocycles. The average Bonchev–Trinajstić information content (AvgIpc) is 2.80. The van der Waals surface area contributed by atoms with Gasteiger partial charge in [0.2, 0.25) is 11.6 Å². The quantitative estimate of drug-likeness (QED) is 0.451. The fourth-order valence-electron chi connectivity index (χ4n) is 5.79. The van der Waals surface area contributed by atoms with E-state index in [2.05, 4.69) is 31.2 Å². The first-order valence-electron chi connectivity index (χ1n) is 11.8. The molecule has 2 aromatic rings. The number of hydrogen-bond acceptors (Lipinski definition) is 2. The molecule has 0 N–H and O–H groups in total. The average molecular weight is 429 g/mol. The lowest BCUT2D eigenvalue weighted by atomic mass is 9.63. The predicted octanol–water partition coefficient (Wildman–Crippen LogP) is 7.65. The number of methoxy groups -OCH3 is 1. The second-order valence-electron chi connectivity index (χ2n) is 9.42. The summed E-state index contributed by atoms with van der Waals surface area (Å²) in [6.07, 6.45) is 11.0. The Kier molecular flexibility index (Phi) is 7.14. The molecule has 0 radical (unpaired) electrons. The third kappa shape index (κ3) is 5.05. The van der Waals surface area contributed by atoms with E-state index in [4.69, 9.17) is 9.47 Å². The summed E-state index contributed by atoms with van der Waals surface area (Å²) in [5, 5.41) is 0. The number of hydrogen-bond donors (Lipinski definition) is 0. The Morgan fingerprint density at radius 3 is 2.26 bits per heavy atom. The van der Waals surface area contributed by atoms with E-state index in [1.54, 1.807) is 0 Å². The first kappa shape index (κ1) is 22.1. The standard InChI is InChI=1S/C27H34F2O2/c1-3-4-18-5-10-23-16-22(12-11-21(23)15-18)20-8-6-19(7-9-20)17-31-25-14-13-24(30-2)26(28)27(25)29/h6-9,13-14,18,21-23H,3-5,10-12,15-17H2,1-2H3. The summed E-state index contributed by atoms with van der Waals surface area (Å²) in [6.45, 7) is 2.51. The fourth-order valence-corrected chi connectivity index (χ4v) is 5.79. The van der Waals surface area contributed by atoms with Gasteiger partial charge in [0.05, 0.1) is 7.11 Å². The van der Waals surface area contributed by atoms with Gasteiger partial charge < -0.3 is 9.47 Å². The number of fused-ring (bicyclic) bond motifs is 1. The van der Waals surface area contributed by atoms with Gasteiger partial charge in [0.25, 0.3) is 0 Å². The summed E-state index contributed by atoms with van der Waals surface area (Å²) in [7, 11) is 1.31. The van der Waals surface area contributed by atoms with Crippen molar-refractivity contribution in [2.75, 3.05) is 7.11 Å². The van der Waals surface area contributed by atoms with E-state index in [-0.39, 0.29) is 18.1 Å². The number of ether oxygens (including phenoxy) is 2. The Labute approximate surface area is 185 Å². The Bertz CT molecular complexity index is 864. The predicted molar refractivity (Wildman–Crippen MR) is 120 cm³/mol. The van der Waals surface area contributed by atoms with Crippen molar-refractivity contribution in [1.29, 1.82) is 0 Å². The molecule has 0 spiro atoms. The van der Waals surface area contributed by atoms with Gasteiger partial charge in [-0.3, -0.25) is 0 Å². The molecule has 4 rings (SSSR count). The molecule has 2 saturated carbocycles. The van der Waals surface area contributed by atoms with E-state index >= 15 is 0 Å². The van der Waals surface area contributed by atoms with Crippen LogP contribution in [0.1, 0.15) is 75.3 Å². The molecular weight excluding hydrogens is 394 g/mol. The Morgan fingerprint density at radius 1 is 0.839 bits per heavy atom. The molecule has 0 saturated heterocycles. The highest BCUT2D eigenvalue weighted by atomic mass is 19.2. The molecule has 0 aromatic heterocycles. The van der Waals surface area contributed by atoms with Crippen molar-refractivity contribution in [1.82, 2.24) is 0 Å². The number of rotatable bonds is 7. The van der Waals surface area contributed by atoms with E-state index in [9.17, 15) is 8.78 Å². The van der Waals surface area contributed by atoms with Gasteiger partial charge in [0.1, 0.15) is 6.61 Å². The maximum atomic E-state index is 14.1. The summed E-state index contributed by atoms with van der Waals surface area (Å²) < 4.78 is 38.2. The molecule has 2 aliphatic rings. The molecule has 4 unspecified atom stereocenters. The van der Waals surface area contributed by atoms with Crippen LogP contribution in [0, 0.1) is 29.4 Å². The van der Waals surface area contributed by atoms with Crippen molar-refractivity contribution < 1.29 is 18.3 Å². The smallest absolute Gasteiger partial charge is 0.204 e. The minimum absolute atomic E-state index is 0.0978. The molecule has 2 aliphatic carbocycles. The number of halogens is 2. The van der Waals surface area contributed by atoms with Crippen LogP contribution in [-0.4, -0.2) is 7.11 Å². The molecule has 2 aromatic carbocycles. The third-order valence-electron chi connectivity index (χ3n) is 7.50. The lowest BCUT2D eigenvalue weighted by Gasteiger charge is -2.42. The van der Waals surface area contributed by atoms with Crippen LogP contribution >= 0.6 is 0 Å². The third-order valence-corrected chi connectivity index (χ3v) is 7.50. The number of benzene rings is 2. The molecule has 168 valence electrons. The molecule has 0 bridgehead atoms. The van der Waals surface area contributed by atoms with Gasteiger partial charge in [0, 0.05) is 0 Å². The van der Waals surface area contributed by atoms with Gasteiger partial charge in [-0.05, 0) is 79.0 Å². The van der Waals surface area contributed by atoms with Crippen molar-refractivity contribution in [2.24, 2.45) is 17.8 Å². The van der Waals surface area contributed by atoms with E-state index in [0.29, 0.717) is 5.92 Å². The van der Waals surface area contributed by atoms with Gasteiger partial charge in [0.15, 0.2) is 11.5 Å². The first-order chi connectivity index (χ1) is 15.1. The zero-order chi connectivity index (χ0) is 21.8. The molecule has 2 fully saturated rings. The minimum Gasteiger partial charge on any atom is -0.494 e. The van der Waals surface area contributed by atoms with Crippen molar-refractivity contribution in [2.45, 2.75) is 70.8 Å². The second-order valence-corrected chi connectivity index (χ2v) is 9.42. The minimum atomic E-state index is -1.02. The normalized spacial score (nSPS) is 25.7. The summed E-state index contributed by atoms with van der Waals surface area (Å²) in [6, 6.07) is 11.3. The summed E-state index contributed by atoms with van der Waals surface area (Å²) in [4.78, 5) is 0. The molecule has 4 atom stereocenters. The molecule has 0 aliphatic heterocycles. The molecule has 31 heavy (non-hydrogen) atoms. The van der Waals surface area contributed by atoms with Crippen LogP contribution < -0.4 is 9.47 Å². The van der Waals surface area contributed by atoms with Crippen LogP contribution in [0.2, 0.25) is 0 Å². The van der Waals surface area contributed by atoms with E-state index in [1.165, 1.54) is 76.2 Å². The Hall–Kier alpha value is -2.10. The van der Waals surface area contributed by atoms with Gasteiger partial charge in [-0.2, -0.15) is 8.78 Å². The van der Waals surface area contributed by atoms with Gasteiger partial charge in [-0.1, -0.05) is 50.5 Å². The lowest BCUT2D eigenvalue weighted by molar-refractivity contribution is 0.114. The second kappa shape index (κ2) is 10.0. The van der Waals surface area contributed by atoms with E-state index in [1.807, 2.05) is 0 Å². The van der Waals surface area contributed by atoms with Crippen molar-refractivity contribution in [3.63, 3.8) is 0 Å². The van der Waals surface area contributed by atoms with E-state index < -0.39 is 11.6 Å². The highest BCUT2D eigenvalue weighted by molar-refractivity contribution is 5.35. The summed E-state index contributed by atoms with van der Waals surface area (Å²) in [5.74, 6) is 1.19. The van der Waals surface area contributed by atoms with Crippen LogP contribution in [0.5, 0.6) is 11.5 Å². The Balaban J connectivity index is 1.32. The molecular formula is C27H34F2O2. The largest absolute Gasteiger partial charge is 0.494 e. The molecule has 2 nitrogen and oxygen atoms in total. The maximum absolute atomic E-state index is 14.1. The van der Waals surface area contributed by atoms with Crippen LogP contribution in [0.25, 0.3) is 0 Å². The lowest BCUT2D eigenvalue weighted by Crippen LogP contribution is -2.30. The van der Waals surface area contributed by atoms with Gasteiger partial charge in [-0.15, -0.1) is 0 Å².